The predicted octanol–water partition coefficient (Wildman–Crippen LogP) is 17.7. The van der Waals surface area contributed by atoms with Gasteiger partial charge in [0.05, 0.1) is 25.4 Å². The Kier molecular flexibility index (Phi) is 56.4. The normalized spacial score (nSPS) is 18.9. The number of ether oxygens (including phenoxy) is 3. The first kappa shape index (κ1) is 78.4. The van der Waals surface area contributed by atoms with Crippen LogP contribution in [0, 0.1) is 0 Å². The fourth-order valence-electron chi connectivity index (χ4n) is 10.8. The van der Waals surface area contributed by atoms with Gasteiger partial charge < -0.3 is 45.1 Å². The van der Waals surface area contributed by atoms with Gasteiger partial charge in [0.1, 0.15) is 24.4 Å². The number of hydrogen-bond donors (Lipinski definition) is 6. The van der Waals surface area contributed by atoms with Crippen LogP contribution in [0.15, 0.2) is 60.8 Å². The summed E-state index contributed by atoms with van der Waals surface area (Å²) in [5.74, 6) is -1.19. The van der Waals surface area contributed by atoms with Crippen molar-refractivity contribution in [1.82, 2.24) is 5.32 Å². The van der Waals surface area contributed by atoms with Crippen molar-refractivity contribution in [3.63, 3.8) is 0 Å². The van der Waals surface area contributed by atoms with Crippen molar-refractivity contribution in [1.29, 1.82) is 0 Å². The first-order chi connectivity index (χ1) is 40.7. The van der Waals surface area contributed by atoms with Crippen molar-refractivity contribution in [2.45, 2.75) is 372 Å². The minimum Gasteiger partial charge on any atom is -0.454 e. The summed E-state index contributed by atoms with van der Waals surface area (Å²) in [7, 11) is 0. The fraction of sp³-hybridized carbons (Fsp3) is 0.833. The Balaban J connectivity index is 2.57. The van der Waals surface area contributed by atoms with Crippen LogP contribution in [-0.4, -0.2) is 99.6 Å². The number of amides is 1. The Morgan fingerprint density at radius 3 is 1.28 bits per heavy atom. The lowest BCUT2D eigenvalue weighted by Gasteiger charge is -2.41. The van der Waals surface area contributed by atoms with Gasteiger partial charge in [0.2, 0.25) is 5.91 Å². The first-order valence-electron chi connectivity index (χ1n) is 35.1. The molecule has 0 bridgehead atoms. The Hall–Kier alpha value is -2.64. The van der Waals surface area contributed by atoms with Gasteiger partial charge in [-0.2, -0.15) is 0 Å². The quantitative estimate of drug-likeness (QED) is 0.0195. The van der Waals surface area contributed by atoms with E-state index in [2.05, 4.69) is 74.7 Å². The van der Waals surface area contributed by atoms with Gasteiger partial charge in [-0.1, -0.05) is 287 Å². The van der Waals surface area contributed by atoms with E-state index in [0.29, 0.717) is 19.3 Å². The lowest BCUT2D eigenvalue weighted by molar-refractivity contribution is -0.305. The van der Waals surface area contributed by atoms with E-state index in [1.807, 2.05) is 6.08 Å². The van der Waals surface area contributed by atoms with Gasteiger partial charge in [-0.15, -0.1) is 0 Å². The molecule has 0 spiro atoms. The van der Waals surface area contributed by atoms with Crippen LogP contribution in [0.3, 0.4) is 0 Å². The van der Waals surface area contributed by atoms with Crippen molar-refractivity contribution < 1.29 is 49.3 Å². The van der Waals surface area contributed by atoms with Crippen molar-refractivity contribution in [2.75, 3.05) is 13.2 Å². The fourth-order valence-corrected chi connectivity index (χ4v) is 10.8. The van der Waals surface area contributed by atoms with Gasteiger partial charge in [0.15, 0.2) is 12.4 Å². The molecule has 83 heavy (non-hydrogen) atoms. The van der Waals surface area contributed by atoms with Crippen LogP contribution in [0.4, 0.5) is 0 Å². The molecule has 484 valence electrons. The highest BCUT2D eigenvalue weighted by Crippen LogP contribution is 2.26. The summed E-state index contributed by atoms with van der Waals surface area (Å²) >= 11 is 0. The standard InChI is InChI=1S/C72H131NO10/c1-4-7-10-13-16-19-22-24-26-28-30-32-34-35-37-39-41-44-47-50-53-56-59-65(76)71(80)73-63(64(75)58-55-52-49-46-43-21-18-15-12-9-6-3)62-81-72-70(69(79)68(78)66(61-74)82-72)83-67(77)60-57-54-51-48-45-42-40-38-36-33-31-29-27-25-23-20-17-14-11-8-5-2/h17,20,24-27,31,33,55,58,63-66,68-70,72,74-76,78-79H,4-16,18-19,21-23,28-30,32,34-54,56-57,59-62H2,1-3H3,(H,73,80)/b20-17-,26-24+,27-25-,33-31-,58-55+. The van der Waals surface area contributed by atoms with Crippen LogP contribution < -0.4 is 5.32 Å². The van der Waals surface area contributed by atoms with Crippen molar-refractivity contribution in [2.24, 2.45) is 0 Å². The molecular formula is C72H131NO10. The van der Waals surface area contributed by atoms with E-state index in [-0.39, 0.29) is 13.0 Å². The second-order valence-corrected chi connectivity index (χ2v) is 24.3. The number of carbonyl (C=O) groups excluding carboxylic acids is 2. The molecule has 1 aliphatic heterocycles. The van der Waals surface area contributed by atoms with Gasteiger partial charge in [-0.3, -0.25) is 9.59 Å². The number of nitrogens with one attached hydrogen (secondary N) is 1. The largest absolute Gasteiger partial charge is 0.454 e. The van der Waals surface area contributed by atoms with E-state index < -0.39 is 67.4 Å². The zero-order valence-electron chi connectivity index (χ0n) is 53.8. The number of hydrogen-bond acceptors (Lipinski definition) is 10. The minimum atomic E-state index is -1.62. The van der Waals surface area contributed by atoms with Gasteiger partial charge in [0.25, 0.3) is 0 Å². The molecule has 1 amide bonds. The Morgan fingerprint density at radius 2 is 0.831 bits per heavy atom. The summed E-state index contributed by atoms with van der Waals surface area (Å²) < 4.78 is 17.7. The Labute approximate surface area is 509 Å². The van der Waals surface area contributed by atoms with E-state index in [1.165, 1.54) is 193 Å². The smallest absolute Gasteiger partial charge is 0.306 e. The molecule has 0 aliphatic carbocycles. The molecule has 6 N–H and O–H groups in total. The number of unbranched alkanes of at least 4 members (excludes halogenated alkanes) is 38. The topological polar surface area (TPSA) is 175 Å². The molecule has 8 unspecified atom stereocenters. The molecule has 1 rings (SSSR count). The lowest BCUT2D eigenvalue weighted by Crippen LogP contribution is -2.61. The van der Waals surface area contributed by atoms with Crippen molar-refractivity contribution in [3.05, 3.63) is 60.8 Å². The van der Waals surface area contributed by atoms with Crippen LogP contribution in [-0.2, 0) is 23.8 Å². The maximum atomic E-state index is 13.5. The molecule has 0 aromatic rings. The molecular weight excluding hydrogens is 1040 g/mol. The molecule has 1 aliphatic rings. The van der Waals surface area contributed by atoms with Gasteiger partial charge in [0, 0.05) is 6.42 Å². The van der Waals surface area contributed by atoms with E-state index in [4.69, 9.17) is 14.2 Å². The number of esters is 1. The highest BCUT2D eigenvalue weighted by atomic mass is 16.7. The first-order valence-corrected chi connectivity index (χ1v) is 35.1. The summed E-state index contributed by atoms with van der Waals surface area (Å²) in [6.45, 7) is 5.78. The predicted molar refractivity (Wildman–Crippen MR) is 347 cm³/mol. The van der Waals surface area contributed by atoms with Crippen LogP contribution in [0.25, 0.3) is 0 Å². The third-order valence-electron chi connectivity index (χ3n) is 16.4. The SMILES string of the molecule is CCCCC/C=C\C/C=C\C/C=C\CCCCCCCCCCC(=O)OC1C(OCC(NC(=O)C(O)CCCCCCCCCCCCCC/C=C/CCCCCCCC)C(O)/C=C/CCCCCCCCCCC)OC(CO)C(O)C1O. The van der Waals surface area contributed by atoms with Gasteiger partial charge >= 0.3 is 5.97 Å². The second-order valence-electron chi connectivity index (χ2n) is 24.3. The molecule has 0 aromatic heterocycles. The number of aliphatic hydroxyl groups excluding tert-OH is 5. The Bertz CT molecular complexity index is 1580. The molecule has 0 saturated carbocycles. The van der Waals surface area contributed by atoms with E-state index >= 15 is 0 Å². The summed E-state index contributed by atoms with van der Waals surface area (Å²) in [5.41, 5.74) is 0. The van der Waals surface area contributed by atoms with Crippen LogP contribution >= 0.6 is 0 Å². The maximum absolute atomic E-state index is 13.5. The number of rotatable bonds is 60. The van der Waals surface area contributed by atoms with Gasteiger partial charge in [-0.25, -0.2) is 0 Å². The van der Waals surface area contributed by atoms with Crippen LogP contribution in [0.2, 0.25) is 0 Å². The number of allylic oxidation sites excluding steroid dienone is 9. The highest BCUT2D eigenvalue weighted by Gasteiger charge is 2.47. The molecule has 11 nitrogen and oxygen atoms in total. The molecule has 1 saturated heterocycles. The van der Waals surface area contributed by atoms with Crippen molar-refractivity contribution in [3.8, 4) is 0 Å². The van der Waals surface area contributed by atoms with Crippen LogP contribution in [0.5, 0.6) is 0 Å². The van der Waals surface area contributed by atoms with Gasteiger partial charge in [-0.05, 0) is 89.9 Å². The molecule has 0 aromatic carbocycles. The highest BCUT2D eigenvalue weighted by molar-refractivity contribution is 5.80. The summed E-state index contributed by atoms with van der Waals surface area (Å²) in [6.07, 6.45) is 65.4. The van der Waals surface area contributed by atoms with E-state index in [1.54, 1.807) is 6.08 Å². The maximum Gasteiger partial charge on any atom is 0.306 e. The number of aliphatic hydroxyl groups is 5. The molecule has 0 radical (unpaired) electrons. The third-order valence-corrected chi connectivity index (χ3v) is 16.4. The molecule has 1 fully saturated rings. The summed E-state index contributed by atoms with van der Waals surface area (Å²) in [6, 6.07) is -1.03. The minimum absolute atomic E-state index is 0.115. The monoisotopic (exact) mass is 1170 g/mol. The zero-order valence-corrected chi connectivity index (χ0v) is 53.8. The second kappa shape index (κ2) is 59.7. The third kappa shape index (κ3) is 47.2. The Morgan fingerprint density at radius 1 is 0.470 bits per heavy atom. The molecule has 11 heteroatoms. The zero-order chi connectivity index (χ0) is 60.3. The summed E-state index contributed by atoms with van der Waals surface area (Å²) in [5, 5.41) is 57.2. The number of carbonyl (C=O) groups is 2. The molecule has 8 atom stereocenters. The van der Waals surface area contributed by atoms with Crippen molar-refractivity contribution >= 4 is 11.9 Å². The molecule has 1 heterocycles. The van der Waals surface area contributed by atoms with Crippen LogP contribution in [0.1, 0.15) is 323 Å². The average Bonchev–Trinajstić information content (AvgIpc) is 3.69. The van der Waals surface area contributed by atoms with E-state index in [0.717, 1.165) is 83.5 Å². The average molecular weight is 1170 g/mol. The summed E-state index contributed by atoms with van der Waals surface area (Å²) in [4.78, 5) is 26.6. The lowest BCUT2D eigenvalue weighted by atomic mass is 9.99. The van der Waals surface area contributed by atoms with E-state index in [9.17, 15) is 35.1 Å².